The minimum Gasteiger partial charge on any atom is -0.384 e. The highest BCUT2D eigenvalue weighted by atomic mass is 35.5. The monoisotopic (exact) mass is 251 g/mol. The van der Waals surface area contributed by atoms with Crippen LogP contribution in [-0.4, -0.2) is 10.1 Å². The van der Waals surface area contributed by atoms with Crippen LogP contribution in [0.1, 0.15) is 22.9 Å². The van der Waals surface area contributed by atoms with Crippen LogP contribution in [0.2, 0.25) is 5.02 Å². The van der Waals surface area contributed by atoms with Gasteiger partial charge in [0.05, 0.1) is 0 Å². The SMILES string of the molecule is Cc1ccc(C(O)c2ccc(F)cc2Cl)cn1. The van der Waals surface area contributed by atoms with E-state index in [1.807, 2.05) is 6.92 Å². The van der Waals surface area contributed by atoms with E-state index >= 15 is 0 Å². The highest BCUT2D eigenvalue weighted by Crippen LogP contribution is 2.28. The molecule has 2 nitrogen and oxygen atoms in total. The van der Waals surface area contributed by atoms with E-state index in [2.05, 4.69) is 4.98 Å². The molecule has 1 aromatic heterocycles. The number of nitrogens with zero attached hydrogens (tertiary/aromatic N) is 1. The third-order valence-corrected chi connectivity index (χ3v) is 2.83. The maximum Gasteiger partial charge on any atom is 0.124 e. The average Bonchev–Trinajstić information content (AvgIpc) is 2.29. The van der Waals surface area contributed by atoms with E-state index in [9.17, 15) is 9.50 Å². The van der Waals surface area contributed by atoms with Crippen molar-refractivity contribution in [2.24, 2.45) is 0 Å². The van der Waals surface area contributed by atoms with Crippen molar-refractivity contribution in [2.75, 3.05) is 0 Å². The van der Waals surface area contributed by atoms with E-state index in [-0.39, 0.29) is 5.02 Å². The molecule has 0 fully saturated rings. The molecule has 0 aliphatic heterocycles. The summed E-state index contributed by atoms with van der Waals surface area (Å²) in [5, 5.41) is 10.3. The number of halogens is 2. The lowest BCUT2D eigenvalue weighted by Crippen LogP contribution is -2.01. The first-order valence-electron chi connectivity index (χ1n) is 5.13. The Balaban J connectivity index is 2.36. The lowest BCUT2D eigenvalue weighted by molar-refractivity contribution is 0.220. The summed E-state index contributed by atoms with van der Waals surface area (Å²) in [6.45, 7) is 1.86. The third kappa shape index (κ3) is 2.62. The molecule has 1 aromatic carbocycles. The molecule has 1 heterocycles. The van der Waals surface area contributed by atoms with Crippen molar-refractivity contribution in [1.29, 1.82) is 0 Å². The first-order valence-corrected chi connectivity index (χ1v) is 5.51. The quantitative estimate of drug-likeness (QED) is 0.889. The molecule has 0 aliphatic rings. The molecule has 88 valence electrons. The molecule has 2 aromatic rings. The maximum absolute atomic E-state index is 12.9. The average molecular weight is 252 g/mol. The third-order valence-electron chi connectivity index (χ3n) is 2.51. The molecular weight excluding hydrogens is 241 g/mol. The Labute approximate surface area is 104 Å². The second kappa shape index (κ2) is 4.82. The second-order valence-corrected chi connectivity index (χ2v) is 4.21. The van der Waals surface area contributed by atoms with Crippen LogP contribution in [0.3, 0.4) is 0 Å². The van der Waals surface area contributed by atoms with E-state index in [1.165, 1.54) is 18.2 Å². The summed E-state index contributed by atoms with van der Waals surface area (Å²) in [4.78, 5) is 4.10. The van der Waals surface area contributed by atoms with Gasteiger partial charge in [0.25, 0.3) is 0 Å². The van der Waals surface area contributed by atoms with Crippen LogP contribution in [0.15, 0.2) is 36.5 Å². The summed E-state index contributed by atoms with van der Waals surface area (Å²) < 4.78 is 12.9. The first kappa shape index (κ1) is 12.0. The van der Waals surface area contributed by atoms with E-state index in [0.29, 0.717) is 11.1 Å². The van der Waals surface area contributed by atoms with Crippen LogP contribution in [0, 0.1) is 12.7 Å². The van der Waals surface area contributed by atoms with Crippen LogP contribution in [0.25, 0.3) is 0 Å². The van der Waals surface area contributed by atoms with Gasteiger partial charge in [-0.1, -0.05) is 23.7 Å². The van der Waals surface area contributed by atoms with E-state index in [4.69, 9.17) is 11.6 Å². The van der Waals surface area contributed by atoms with Gasteiger partial charge in [0.15, 0.2) is 0 Å². The fourth-order valence-corrected chi connectivity index (χ4v) is 1.81. The molecule has 0 saturated carbocycles. The second-order valence-electron chi connectivity index (χ2n) is 3.80. The lowest BCUT2D eigenvalue weighted by Gasteiger charge is -2.12. The van der Waals surface area contributed by atoms with Gasteiger partial charge in [0.1, 0.15) is 11.9 Å². The van der Waals surface area contributed by atoms with Gasteiger partial charge < -0.3 is 5.11 Å². The van der Waals surface area contributed by atoms with Crippen LogP contribution < -0.4 is 0 Å². The molecule has 0 saturated heterocycles. The molecule has 4 heteroatoms. The molecule has 17 heavy (non-hydrogen) atoms. The summed E-state index contributed by atoms with van der Waals surface area (Å²) in [6.07, 6.45) is 0.691. The number of rotatable bonds is 2. The van der Waals surface area contributed by atoms with Gasteiger partial charge in [0, 0.05) is 28.0 Å². The number of aliphatic hydroxyl groups excluding tert-OH is 1. The normalized spacial score (nSPS) is 12.5. The number of hydrogen-bond donors (Lipinski definition) is 1. The number of pyridine rings is 1. The number of aromatic nitrogens is 1. The van der Waals surface area contributed by atoms with Gasteiger partial charge in [-0.3, -0.25) is 4.98 Å². The summed E-state index contributed by atoms with van der Waals surface area (Å²) in [5.74, 6) is -0.423. The Morgan fingerprint density at radius 2 is 2.06 bits per heavy atom. The Morgan fingerprint density at radius 3 is 2.65 bits per heavy atom. The Kier molecular flexibility index (Phi) is 3.41. The predicted octanol–water partition coefficient (Wildman–Crippen LogP) is 3.26. The Hall–Kier alpha value is -1.45. The molecule has 2 rings (SSSR count). The van der Waals surface area contributed by atoms with Gasteiger partial charge in [0.2, 0.25) is 0 Å². The van der Waals surface area contributed by atoms with Gasteiger partial charge in [-0.25, -0.2) is 4.39 Å². The molecule has 0 radical (unpaired) electrons. The first-order chi connectivity index (χ1) is 8.08. The van der Waals surface area contributed by atoms with Crippen LogP contribution in [0.4, 0.5) is 4.39 Å². The zero-order chi connectivity index (χ0) is 12.4. The summed E-state index contributed by atoms with van der Waals surface area (Å²) in [5.41, 5.74) is 1.97. The molecule has 0 amide bonds. The lowest BCUT2D eigenvalue weighted by atomic mass is 10.0. The van der Waals surface area contributed by atoms with Crippen molar-refractivity contribution < 1.29 is 9.50 Å². The Morgan fingerprint density at radius 1 is 1.29 bits per heavy atom. The fourth-order valence-electron chi connectivity index (χ4n) is 1.54. The molecule has 0 bridgehead atoms. The van der Waals surface area contributed by atoms with Gasteiger partial charge in [-0.15, -0.1) is 0 Å². The minimum atomic E-state index is -0.892. The topological polar surface area (TPSA) is 33.1 Å². The number of benzene rings is 1. The van der Waals surface area contributed by atoms with Crippen molar-refractivity contribution in [3.63, 3.8) is 0 Å². The highest BCUT2D eigenvalue weighted by molar-refractivity contribution is 6.31. The maximum atomic E-state index is 12.9. The van der Waals surface area contributed by atoms with Crippen LogP contribution >= 0.6 is 11.6 Å². The van der Waals surface area contributed by atoms with Crippen LogP contribution in [-0.2, 0) is 0 Å². The van der Waals surface area contributed by atoms with Gasteiger partial charge in [-0.2, -0.15) is 0 Å². The molecule has 0 aliphatic carbocycles. The number of hydrogen-bond acceptors (Lipinski definition) is 2. The number of aliphatic hydroxyl groups is 1. The summed E-state index contributed by atoms with van der Waals surface area (Å²) in [6, 6.07) is 7.50. The molecule has 1 atom stereocenters. The zero-order valence-electron chi connectivity index (χ0n) is 9.19. The van der Waals surface area contributed by atoms with Crippen molar-refractivity contribution in [2.45, 2.75) is 13.0 Å². The molecule has 1 unspecified atom stereocenters. The fraction of sp³-hybridized carbons (Fsp3) is 0.154. The standard InChI is InChI=1S/C13H11ClFNO/c1-8-2-3-9(7-16-8)13(17)11-5-4-10(15)6-12(11)14/h2-7,13,17H,1H3. The molecular formula is C13H11ClFNO. The van der Waals surface area contributed by atoms with Crippen molar-refractivity contribution in [3.8, 4) is 0 Å². The van der Waals surface area contributed by atoms with Gasteiger partial charge in [-0.05, 0) is 25.1 Å². The molecule has 1 N–H and O–H groups in total. The van der Waals surface area contributed by atoms with Crippen molar-refractivity contribution in [1.82, 2.24) is 4.98 Å². The van der Waals surface area contributed by atoms with E-state index in [1.54, 1.807) is 18.3 Å². The largest absolute Gasteiger partial charge is 0.384 e. The smallest absolute Gasteiger partial charge is 0.124 e. The van der Waals surface area contributed by atoms with E-state index < -0.39 is 11.9 Å². The highest BCUT2D eigenvalue weighted by Gasteiger charge is 2.14. The van der Waals surface area contributed by atoms with Crippen molar-refractivity contribution in [3.05, 3.63) is 64.2 Å². The number of aryl methyl sites for hydroxylation is 1. The Bertz CT molecular complexity index is 527. The minimum absolute atomic E-state index is 0.207. The summed E-state index contributed by atoms with van der Waals surface area (Å²) >= 11 is 5.89. The van der Waals surface area contributed by atoms with Crippen molar-refractivity contribution >= 4 is 11.6 Å². The predicted molar refractivity (Wildman–Crippen MR) is 64.4 cm³/mol. The summed E-state index contributed by atoms with van der Waals surface area (Å²) in [7, 11) is 0. The van der Waals surface area contributed by atoms with Gasteiger partial charge >= 0.3 is 0 Å². The zero-order valence-corrected chi connectivity index (χ0v) is 9.95. The van der Waals surface area contributed by atoms with E-state index in [0.717, 1.165) is 5.69 Å². The van der Waals surface area contributed by atoms with Crippen LogP contribution in [0.5, 0.6) is 0 Å². The molecule has 0 spiro atoms.